The number of carbonyl (C=O) groups is 1. The number of carbonyl (C=O) groups excluding carboxylic acids is 1. The lowest BCUT2D eigenvalue weighted by Crippen LogP contribution is -2.04. The summed E-state index contributed by atoms with van der Waals surface area (Å²) in [4.78, 5) is 11.6. The van der Waals surface area contributed by atoms with Gasteiger partial charge in [-0.3, -0.25) is 4.79 Å². The normalized spacial score (nSPS) is 11.3. The Balaban J connectivity index is 2.83. The van der Waals surface area contributed by atoms with Crippen molar-refractivity contribution in [3.05, 3.63) is 40.9 Å². The minimum Gasteiger partial charge on any atom is -0.488 e. The zero-order valence-electron chi connectivity index (χ0n) is 9.50. The van der Waals surface area contributed by atoms with Crippen molar-refractivity contribution in [3.8, 4) is 5.75 Å². The maximum atomic E-state index is 11.6. The van der Waals surface area contributed by atoms with Crippen LogP contribution in [0.1, 0.15) is 30.6 Å². The maximum Gasteiger partial charge on any atom is 0.166 e. The Labute approximate surface area is 101 Å². The van der Waals surface area contributed by atoms with Crippen LogP contribution >= 0.6 is 11.6 Å². The van der Waals surface area contributed by atoms with Gasteiger partial charge in [-0.2, -0.15) is 0 Å². The second-order valence-corrected chi connectivity index (χ2v) is 3.74. The van der Waals surface area contributed by atoms with E-state index in [4.69, 9.17) is 16.3 Å². The highest BCUT2D eigenvalue weighted by molar-refractivity contribution is 6.25. The van der Waals surface area contributed by atoms with Crippen LogP contribution in [0.15, 0.2) is 35.4 Å². The van der Waals surface area contributed by atoms with Gasteiger partial charge >= 0.3 is 0 Å². The van der Waals surface area contributed by atoms with Gasteiger partial charge in [-0.25, -0.2) is 0 Å². The van der Waals surface area contributed by atoms with Crippen molar-refractivity contribution in [2.75, 3.05) is 6.61 Å². The SMILES string of the molecule is CCC(=O)c1ccccc1OC/C(C)=C/Cl. The number of Topliss-reactive ketones (excluding diaryl/α,β-unsaturated/α-hetero) is 1. The van der Waals surface area contributed by atoms with Crippen molar-refractivity contribution in [1.82, 2.24) is 0 Å². The topological polar surface area (TPSA) is 26.3 Å². The van der Waals surface area contributed by atoms with Gasteiger partial charge < -0.3 is 4.74 Å². The number of hydrogen-bond acceptors (Lipinski definition) is 2. The van der Waals surface area contributed by atoms with E-state index in [1.165, 1.54) is 5.54 Å². The van der Waals surface area contributed by atoms with E-state index in [9.17, 15) is 4.79 Å². The smallest absolute Gasteiger partial charge is 0.166 e. The first kappa shape index (κ1) is 12.8. The van der Waals surface area contributed by atoms with Gasteiger partial charge in [0.05, 0.1) is 5.56 Å². The fraction of sp³-hybridized carbons (Fsp3) is 0.308. The monoisotopic (exact) mass is 238 g/mol. The van der Waals surface area contributed by atoms with Crippen LogP contribution < -0.4 is 4.74 Å². The Morgan fingerprint density at radius 1 is 1.44 bits per heavy atom. The Bertz CT molecular complexity index is 397. The van der Waals surface area contributed by atoms with Gasteiger partial charge in [-0.1, -0.05) is 30.7 Å². The van der Waals surface area contributed by atoms with Crippen molar-refractivity contribution < 1.29 is 9.53 Å². The van der Waals surface area contributed by atoms with Crippen LogP contribution in [0.2, 0.25) is 0 Å². The fourth-order valence-corrected chi connectivity index (χ4v) is 1.30. The van der Waals surface area contributed by atoms with E-state index in [-0.39, 0.29) is 5.78 Å². The van der Waals surface area contributed by atoms with Crippen LogP contribution in [0.5, 0.6) is 5.75 Å². The van der Waals surface area contributed by atoms with Crippen LogP contribution in [0.4, 0.5) is 0 Å². The van der Waals surface area contributed by atoms with E-state index < -0.39 is 0 Å². The van der Waals surface area contributed by atoms with Crippen LogP contribution in [0.25, 0.3) is 0 Å². The molecule has 0 atom stereocenters. The lowest BCUT2D eigenvalue weighted by molar-refractivity contribution is 0.0984. The first-order valence-corrected chi connectivity index (χ1v) is 5.63. The fourth-order valence-electron chi connectivity index (χ4n) is 1.24. The molecule has 0 amide bonds. The zero-order chi connectivity index (χ0) is 12.0. The minimum absolute atomic E-state index is 0.0862. The lowest BCUT2D eigenvalue weighted by atomic mass is 10.1. The molecule has 86 valence electrons. The second-order valence-electron chi connectivity index (χ2n) is 3.52. The first-order valence-electron chi connectivity index (χ1n) is 5.20. The quantitative estimate of drug-likeness (QED) is 0.730. The molecule has 16 heavy (non-hydrogen) atoms. The summed E-state index contributed by atoms with van der Waals surface area (Å²) < 4.78 is 5.54. The summed E-state index contributed by atoms with van der Waals surface area (Å²) in [6.07, 6.45) is 0.477. The molecule has 1 aromatic carbocycles. The predicted molar refractivity (Wildman–Crippen MR) is 66.2 cm³/mol. The molecule has 0 radical (unpaired) electrons. The standard InChI is InChI=1S/C13H15ClO2/c1-3-12(15)11-6-4-5-7-13(11)16-9-10(2)8-14/h4-8H,3,9H2,1-2H3/b10-8+. The molecular formula is C13H15ClO2. The highest BCUT2D eigenvalue weighted by Gasteiger charge is 2.09. The molecule has 0 saturated heterocycles. The number of rotatable bonds is 5. The highest BCUT2D eigenvalue weighted by Crippen LogP contribution is 2.20. The molecule has 0 heterocycles. The summed E-state index contributed by atoms with van der Waals surface area (Å²) in [6.45, 7) is 4.11. The van der Waals surface area contributed by atoms with Gasteiger partial charge in [-0.05, 0) is 24.6 Å². The summed E-state index contributed by atoms with van der Waals surface area (Å²) in [5, 5.41) is 0. The van der Waals surface area contributed by atoms with Crippen LogP contribution in [-0.2, 0) is 0 Å². The maximum absolute atomic E-state index is 11.6. The molecule has 0 saturated carbocycles. The van der Waals surface area contributed by atoms with Gasteiger partial charge in [-0.15, -0.1) is 0 Å². The van der Waals surface area contributed by atoms with Crippen LogP contribution in [0, 0.1) is 0 Å². The third kappa shape index (κ3) is 3.38. The summed E-state index contributed by atoms with van der Waals surface area (Å²) in [7, 11) is 0. The van der Waals surface area contributed by atoms with Gasteiger partial charge in [0.15, 0.2) is 5.78 Å². The minimum atomic E-state index is 0.0862. The molecule has 0 unspecified atom stereocenters. The molecule has 0 bridgehead atoms. The molecule has 0 N–H and O–H groups in total. The molecule has 0 aliphatic carbocycles. The average molecular weight is 239 g/mol. The number of para-hydroxylation sites is 1. The van der Waals surface area contributed by atoms with Gasteiger partial charge in [0.25, 0.3) is 0 Å². The van der Waals surface area contributed by atoms with E-state index >= 15 is 0 Å². The van der Waals surface area contributed by atoms with Gasteiger partial charge in [0.1, 0.15) is 12.4 Å². The zero-order valence-corrected chi connectivity index (χ0v) is 10.3. The Morgan fingerprint density at radius 3 is 2.75 bits per heavy atom. The van der Waals surface area contributed by atoms with Gasteiger partial charge in [0.2, 0.25) is 0 Å². The van der Waals surface area contributed by atoms with Crippen LogP contribution in [-0.4, -0.2) is 12.4 Å². The van der Waals surface area contributed by atoms with Crippen molar-refractivity contribution in [2.24, 2.45) is 0 Å². The largest absolute Gasteiger partial charge is 0.488 e. The molecule has 0 fully saturated rings. The lowest BCUT2D eigenvalue weighted by Gasteiger charge is -2.09. The van der Waals surface area contributed by atoms with Crippen molar-refractivity contribution in [3.63, 3.8) is 0 Å². The third-order valence-electron chi connectivity index (χ3n) is 2.15. The van der Waals surface area contributed by atoms with Crippen LogP contribution in [0.3, 0.4) is 0 Å². The average Bonchev–Trinajstić information content (AvgIpc) is 2.35. The van der Waals surface area contributed by atoms with Gasteiger partial charge in [0, 0.05) is 12.0 Å². The third-order valence-corrected chi connectivity index (χ3v) is 2.52. The molecule has 1 rings (SSSR count). The van der Waals surface area contributed by atoms with Crippen molar-refractivity contribution in [1.29, 1.82) is 0 Å². The summed E-state index contributed by atoms with van der Waals surface area (Å²) in [6, 6.07) is 7.26. The Hall–Kier alpha value is -1.28. The number of ether oxygens (including phenoxy) is 1. The number of benzene rings is 1. The van der Waals surface area contributed by atoms with Crippen molar-refractivity contribution >= 4 is 17.4 Å². The second kappa shape index (κ2) is 6.33. The number of halogens is 1. The highest BCUT2D eigenvalue weighted by atomic mass is 35.5. The number of hydrogen-bond donors (Lipinski definition) is 0. The number of ketones is 1. The Kier molecular flexibility index (Phi) is 5.06. The summed E-state index contributed by atoms with van der Waals surface area (Å²) in [5.41, 5.74) is 3.03. The molecule has 3 heteroatoms. The predicted octanol–water partition coefficient (Wildman–Crippen LogP) is 3.80. The van der Waals surface area contributed by atoms with Crippen molar-refractivity contribution in [2.45, 2.75) is 20.3 Å². The molecule has 0 aliphatic heterocycles. The molecule has 0 spiro atoms. The van der Waals surface area contributed by atoms with E-state index in [1.807, 2.05) is 26.0 Å². The summed E-state index contributed by atoms with van der Waals surface area (Å²) in [5.74, 6) is 0.704. The van der Waals surface area contributed by atoms with E-state index in [0.29, 0.717) is 24.3 Å². The molecular weight excluding hydrogens is 224 g/mol. The molecule has 0 aliphatic rings. The Morgan fingerprint density at radius 2 is 2.12 bits per heavy atom. The van der Waals surface area contributed by atoms with E-state index in [2.05, 4.69) is 0 Å². The van der Waals surface area contributed by atoms with E-state index in [1.54, 1.807) is 12.1 Å². The van der Waals surface area contributed by atoms with E-state index in [0.717, 1.165) is 5.57 Å². The molecule has 2 nitrogen and oxygen atoms in total. The first-order chi connectivity index (χ1) is 7.69. The molecule has 0 aromatic heterocycles. The summed E-state index contributed by atoms with van der Waals surface area (Å²) >= 11 is 5.54. The molecule has 1 aromatic rings.